The molecule has 2 atom stereocenters. The Labute approximate surface area is 120 Å². The summed E-state index contributed by atoms with van der Waals surface area (Å²) < 4.78 is 27.2. The summed E-state index contributed by atoms with van der Waals surface area (Å²) in [6, 6.07) is 6.74. The fourth-order valence-electron chi connectivity index (χ4n) is 2.76. The smallest absolute Gasteiger partial charge is 0.216 e. The van der Waals surface area contributed by atoms with Gasteiger partial charge >= 0.3 is 0 Å². The number of rotatable bonds is 5. The van der Waals surface area contributed by atoms with Crippen LogP contribution in [-0.2, 0) is 15.8 Å². The fourth-order valence-corrected chi connectivity index (χ4v) is 4.23. The number of sulfonamides is 1. The van der Waals surface area contributed by atoms with E-state index < -0.39 is 10.0 Å². The fraction of sp³-hybridized carbons (Fsp3) is 0.571. The van der Waals surface area contributed by atoms with E-state index in [-0.39, 0.29) is 24.3 Å². The topological polar surface area (TPSA) is 92.4 Å². The third-order valence-corrected chi connectivity index (χ3v) is 5.16. The predicted molar refractivity (Wildman–Crippen MR) is 79.4 cm³/mol. The number of nitrogens with two attached hydrogens (primary N) is 1. The monoisotopic (exact) mass is 298 g/mol. The van der Waals surface area contributed by atoms with Crippen molar-refractivity contribution in [1.82, 2.24) is 4.72 Å². The average Bonchev–Trinajstić information content (AvgIpc) is 2.38. The first-order chi connectivity index (χ1) is 9.50. The van der Waals surface area contributed by atoms with Gasteiger partial charge in [-0.15, -0.1) is 0 Å². The molecule has 20 heavy (non-hydrogen) atoms. The number of benzene rings is 1. The van der Waals surface area contributed by atoms with Crippen molar-refractivity contribution in [3.05, 3.63) is 29.8 Å². The third kappa shape index (κ3) is 4.19. The van der Waals surface area contributed by atoms with Crippen molar-refractivity contribution in [2.75, 3.05) is 12.3 Å². The first-order valence-corrected chi connectivity index (χ1v) is 8.60. The van der Waals surface area contributed by atoms with Gasteiger partial charge in [0.15, 0.2) is 0 Å². The first-order valence-electron chi connectivity index (χ1n) is 6.95. The van der Waals surface area contributed by atoms with Crippen molar-refractivity contribution in [1.29, 1.82) is 0 Å². The second kappa shape index (κ2) is 6.56. The minimum atomic E-state index is -3.41. The number of hydrogen-bond acceptors (Lipinski definition) is 4. The molecule has 2 rings (SSSR count). The van der Waals surface area contributed by atoms with Gasteiger partial charge in [0.1, 0.15) is 0 Å². The molecule has 0 amide bonds. The highest BCUT2D eigenvalue weighted by atomic mass is 32.2. The predicted octanol–water partition coefficient (Wildman–Crippen LogP) is 1.24. The average molecular weight is 298 g/mol. The molecule has 1 aromatic rings. The minimum Gasteiger partial charge on any atom is -0.399 e. The van der Waals surface area contributed by atoms with Crippen molar-refractivity contribution in [3.8, 4) is 0 Å². The van der Waals surface area contributed by atoms with E-state index in [0.717, 1.165) is 25.7 Å². The molecule has 1 aliphatic rings. The van der Waals surface area contributed by atoms with E-state index in [4.69, 9.17) is 5.73 Å². The zero-order valence-corrected chi connectivity index (χ0v) is 12.3. The molecule has 0 heterocycles. The maximum absolute atomic E-state index is 12.2. The molecule has 0 bridgehead atoms. The Morgan fingerprint density at radius 3 is 2.75 bits per heavy atom. The van der Waals surface area contributed by atoms with Gasteiger partial charge in [-0.25, -0.2) is 13.1 Å². The van der Waals surface area contributed by atoms with E-state index in [1.54, 1.807) is 24.3 Å². The molecular formula is C14H22N2O3S. The van der Waals surface area contributed by atoms with Crippen molar-refractivity contribution in [2.24, 2.45) is 5.92 Å². The molecule has 0 aliphatic heterocycles. The second-order valence-electron chi connectivity index (χ2n) is 5.46. The van der Waals surface area contributed by atoms with Gasteiger partial charge in [0, 0.05) is 18.3 Å². The molecule has 1 fully saturated rings. The molecule has 1 saturated carbocycles. The van der Waals surface area contributed by atoms with E-state index in [1.165, 1.54) is 0 Å². The summed E-state index contributed by atoms with van der Waals surface area (Å²) in [5.41, 5.74) is 6.89. The van der Waals surface area contributed by atoms with Gasteiger partial charge in [-0.3, -0.25) is 0 Å². The number of aliphatic hydroxyl groups excluding tert-OH is 1. The quantitative estimate of drug-likeness (QED) is 0.713. The van der Waals surface area contributed by atoms with Crippen LogP contribution in [0.4, 0.5) is 5.69 Å². The van der Waals surface area contributed by atoms with E-state index in [9.17, 15) is 13.5 Å². The molecule has 2 unspecified atom stereocenters. The third-order valence-electron chi connectivity index (χ3n) is 3.78. The Balaban J connectivity index is 2.03. The SMILES string of the molecule is Nc1cccc(CS(=O)(=O)NC2CCCCC2CO)c1. The van der Waals surface area contributed by atoms with Crippen molar-refractivity contribution in [2.45, 2.75) is 37.5 Å². The summed E-state index contributed by atoms with van der Waals surface area (Å²) in [6.07, 6.45) is 3.73. The Kier molecular flexibility index (Phi) is 5.01. The molecule has 6 heteroatoms. The van der Waals surface area contributed by atoms with E-state index in [0.29, 0.717) is 11.3 Å². The lowest BCUT2D eigenvalue weighted by Crippen LogP contribution is -2.43. The lowest BCUT2D eigenvalue weighted by atomic mass is 9.86. The van der Waals surface area contributed by atoms with Gasteiger partial charge < -0.3 is 10.8 Å². The van der Waals surface area contributed by atoms with Crippen LogP contribution in [0.1, 0.15) is 31.2 Å². The Morgan fingerprint density at radius 2 is 2.05 bits per heavy atom. The highest BCUT2D eigenvalue weighted by Crippen LogP contribution is 2.25. The van der Waals surface area contributed by atoms with Gasteiger partial charge in [0.25, 0.3) is 0 Å². The van der Waals surface area contributed by atoms with Crippen molar-refractivity contribution in [3.63, 3.8) is 0 Å². The van der Waals surface area contributed by atoms with Crippen molar-refractivity contribution >= 4 is 15.7 Å². The minimum absolute atomic E-state index is 0.0272. The maximum Gasteiger partial charge on any atom is 0.216 e. The van der Waals surface area contributed by atoms with Crippen LogP contribution >= 0.6 is 0 Å². The van der Waals surface area contributed by atoms with E-state index in [1.807, 2.05) is 0 Å². The Morgan fingerprint density at radius 1 is 1.30 bits per heavy atom. The normalized spacial score (nSPS) is 23.6. The lowest BCUT2D eigenvalue weighted by Gasteiger charge is -2.30. The van der Waals surface area contributed by atoms with Crippen molar-refractivity contribution < 1.29 is 13.5 Å². The molecule has 1 aromatic carbocycles. The molecule has 0 radical (unpaired) electrons. The molecule has 1 aliphatic carbocycles. The van der Waals surface area contributed by atoms with Gasteiger partial charge in [0.05, 0.1) is 5.75 Å². The zero-order valence-electron chi connectivity index (χ0n) is 11.5. The number of hydrogen-bond donors (Lipinski definition) is 3. The van der Waals surface area contributed by atoms with Crippen LogP contribution < -0.4 is 10.5 Å². The Bertz CT molecular complexity index is 545. The summed E-state index contributed by atoms with van der Waals surface area (Å²) in [5.74, 6) is -0.0495. The second-order valence-corrected chi connectivity index (χ2v) is 7.21. The summed E-state index contributed by atoms with van der Waals surface area (Å²) in [7, 11) is -3.41. The first kappa shape index (κ1) is 15.3. The largest absolute Gasteiger partial charge is 0.399 e. The molecule has 0 spiro atoms. The van der Waals surface area contributed by atoms with E-state index >= 15 is 0 Å². The number of aliphatic hydroxyl groups is 1. The van der Waals surface area contributed by atoms with Gasteiger partial charge in [-0.05, 0) is 36.5 Å². The van der Waals surface area contributed by atoms with Crippen LogP contribution in [0.15, 0.2) is 24.3 Å². The molecular weight excluding hydrogens is 276 g/mol. The summed E-state index contributed by atoms with van der Waals surface area (Å²) in [4.78, 5) is 0. The highest BCUT2D eigenvalue weighted by molar-refractivity contribution is 7.88. The molecule has 0 aromatic heterocycles. The number of nitrogen functional groups attached to an aromatic ring is 1. The van der Waals surface area contributed by atoms with Crippen LogP contribution in [0.2, 0.25) is 0 Å². The number of nitrogens with one attached hydrogen (secondary N) is 1. The van der Waals surface area contributed by atoms with Crippen LogP contribution in [-0.4, -0.2) is 26.2 Å². The molecule has 5 nitrogen and oxygen atoms in total. The van der Waals surface area contributed by atoms with Gasteiger partial charge in [-0.2, -0.15) is 0 Å². The van der Waals surface area contributed by atoms with Crippen LogP contribution in [0.5, 0.6) is 0 Å². The number of anilines is 1. The van der Waals surface area contributed by atoms with Crippen LogP contribution in [0, 0.1) is 5.92 Å². The lowest BCUT2D eigenvalue weighted by molar-refractivity contribution is 0.164. The van der Waals surface area contributed by atoms with E-state index in [2.05, 4.69) is 4.72 Å². The molecule has 0 saturated heterocycles. The molecule has 4 N–H and O–H groups in total. The highest BCUT2D eigenvalue weighted by Gasteiger charge is 2.28. The van der Waals surface area contributed by atoms with Gasteiger partial charge in [0.2, 0.25) is 10.0 Å². The van der Waals surface area contributed by atoms with Gasteiger partial charge in [-0.1, -0.05) is 25.0 Å². The maximum atomic E-state index is 12.2. The summed E-state index contributed by atoms with van der Waals surface area (Å²) in [5, 5.41) is 9.33. The summed E-state index contributed by atoms with van der Waals surface area (Å²) in [6.45, 7) is 0.0332. The zero-order chi connectivity index (χ0) is 14.6. The van der Waals surface area contributed by atoms with Crippen LogP contribution in [0.25, 0.3) is 0 Å². The molecule has 112 valence electrons. The van der Waals surface area contributed by atoms with Crippen LogP contribution in [0.3, 0.4) is 0 Å². The summed E-state index contributed by atoms with van der Waals surface area (Å²) >= 11 is 0. The Hall–Kier alpha value is -1.11. The standard InChI is InChI=1S/C14H22N2O3S/c15-13-6-3-4-11(8-13)10-20(18,19)16-14-7-2-1-5-12(14)9-17/h3-4,6,8,12,14,16-17H,1-2,5,7,9-10,15H2.